The van der Waals surface area contributed by atoms with Crippen LogP contribution in [-0.2, 0) is 14.8 Å². The maximum Gasteiger partial charge on any atom is 0.263 e. The number of anilines is 1. The molecule has 12 heteroatoms. The van der Waals surface area contributed by atoms with E-state index in [1.54, 1.807) is 35.3 Å². The van der Waals surface area contributed by atoms with Crippen LogP contribution in [0.3, 0.4) is 0 Å². The number of carbonyl (C=O) groups is 1. The van der Waals surface area contributed by atoms with Crippen molar-refractivity contribution in [1.82, 2.24) is 4.72 Å². The molecule has 0 radical (unpaired) electrons. The Morgan fingerprint density at radius 1 is 1.27 bits per heavy atom. The van der Waals surface area contributed by atoms with Gasteiger partial charge < -0.3 is 15.2 Å². The third-order valence-electron chi connectivity index (χ3n) is 4.15. The molecule has 0 aliphatic carbocycles. The van der Waals surface area contributed by atoms with Crippen LogP contribution in [-0.4, -0.2) is 36.7 Å². The number of hydrazone groups is 1. The number of nitrogens with one attached hydrogen (secondary N) is 1. The number of ether oxygens (including phenoxy) is 2. The molecule has 2 aliphatic heterocycles. The van der Waals surface area contributed by atoms with Gasteiger partial charge in [0.2, 0.25) is 12.7 Å². The molecule has 2 heterocycles. The summed E-state index contributed by atoms with van der Waals surface area (Å²) in [7, 11) is -3.80. The van der Waals surface area contributed by atoms with Crippen LogP contribution < -0.4 is 24.9 Å². The van der Waals surface area contributed by atoms with E-state index in [1.807, 2.05) is 6.92 Å². The second kappa shape index (κ2) is 8.28. The Labute approximate surface area is 182 Å². The van der Waals surface area contributed by atoms with E-state index in [2.05, 4.69) is 9.82 Å². The third kappa shape index (κ3) is 4.45. The number of nitrogens with zero attached hydrogens (tertiary/aromatic N) is 2. The minimum absolute atomic E-state index is 0.0617. The van der Waals surface area contributed by atoms with Gasteiger partial charge in [0.05, 0.1) is 16.3 Å². The van der Waals surface area contributed by atoms with E-state index in [1.165, 1.54) is 35.7 Å². The summed E-state index contributed by atoms with van der Waals surface area (Å²) >= 11 is 2.43. The van der Waals surface area contributed by atoms with Gasteiger partial charge >= 0.3 is 0 Å². The number of amides is 1. The largest absolute Gasteiger partial charge is 0.454 e. The molecule has 1 amide bonds. The normalized spacial score (nSPS) is 17.7. The number of benzene rings is 2. The molecule has 158 valence electrons. The van der Waals surface area contributed by atoms with Crippen LogP contribution in [0.25, 0.3) is 0 Å². The van der Waals surface area contributed by atoms with Crippen molar-refractivity contribution in [3.8, 4) is 11.5 Å². The number of nitrogens with two attached hydrogens (primary N) is 1. The summed E-state index contributed by atoms with van der Waals surface area (Å²) in [6.07, 6.45) is 0. The van der Waals surface area contributed by atoms with E-state index in [0.29, 0.717) is 17.2 Å². The van der Waals surface area contributed by atoms with E-state index in [-0.39, 0.29) is 22.6 Å². The second-order valence-corrected chi connectivity index (χ2v) is 10.5. The van der Waals surface area contributed by atoms with Crippen LogP contribution in [0.4, 0.5) is 5.69 Å². The highest BCUT2D eigenvalue weighted by atomic mass is 32.2. The molecule has 0 aromatic heterocycles. The first-order chi connectivity index (χ1) is 14.3. The average molecular weight is 467 g/mol. The Morgan fingerprint density at radius 3 is 2.73 bits per heavy atom. The number of rotatable bonds is 6. The van der Waals surface area contributed by atoms with Gasteiger partial charge in [-0.15, -0.1) is 16.9 Å². The molecule has 1 unspecified atom stereocenters. The number of fused-ring (bicyclic) bond motifs is 1. The molecular weight excluding hydrogens is 448 g/mol. The van der Waals surface area contributed by atoms with E-state index < -0.39 is 20.6 Å². The van der Waals surface area contributed by atoms with Crippen molar-refractivity contribution in [2.45, 2.75) is 16.5 Å². The highest BCUT2D eigenvalue weighted by Gasteiger charge is 2.33. The number of aryl methyl sites for hydroxylation is 1. The van der Waals surface area contributed by atoms with Crippen molar-refractivity contribution in [2.75, 3.05) is 17.6 Å². The Morgan fingerprint density at radius 2 is 2.00 bits per heavy atom. The number of primary amides is 1. The molecule has 9 nitrogen and oxygen atoms in total. The minimum Gasteiger partial charge on any atom is -0.454 e. The van der Waals surface area contributed by atoms with E-state index in [0.717, 1.165) is 5.56 Å². The summed E-state index contributed by atoms with van der Waals surface area (Å²) in [6.45, 7) is 2.02. The topological polar surface area (TPSA) is 123 Å². The Hall–Kier alpha value is -2.57. The molecule has 4 rings (SSSR count). The molecule has 1 atom stereocenters. The highest BCUT2D eigenvalue weighted by molar-refractivity contribution is 8.26. The zero-order valence-electron chi connectivity index (χ0n) is 15.8. The summed E-state index contributed by atoms with van der Waals surface area (Å²) in [5.41, 5.74) is 6.90. The van der Waals surface area contributed by atoms with Gasteiger partial charge in [0.15, 0.2) is 21.4 Å². The van der Waals surface area contributed by atoms with Gasteiger partial charge in [0, 0.05) is 6.07 Å². The van der Waals surface area contributed by atoms with Crippen molar-refractivity contribution in [3.05, 3.63) is 48.0 Å². The van der Waals surface area contributed by atoms with E-state index in [4.69, 9.17) is 15.2 Å². The highest BCUT2D eigenvalue weighted by Crippen LogP contribution is 2.41. The van der Waals surface area contributed by atoms with Crippen LogP contribution in [0.1, 0.15) is 5.56 Å². The number of amidine groups is 1. The van der Waals surface area contributed by atoms with Gasteiger partial charge in [-0.2, -0.15) is 0 Å². The first kappa shape index (κ1) is 20.7. The number of hydrogen-bond acceptors (Lipinski definition) is 9. The number of sulfonamides is 1. The second-order valence-electron chi connectivity index (χ2n) is 6.41. The fourth-order valence-corrected chi connectivity index (χ4v) is 6.08. The molecule has 0 spiro atoms. The Balaban J connectivity index is 1.59. The summed E-state index contributed by atoms with van der Waals surface area (Å²) in [6, 6.07) is 11.8. The smallest absolute Gasteiger partial charge is 0.263 e. The van der Waals surface area contributed by atoms with Crippen molar-refractivity contribution in [1.29, 1.82) is 0 Å². The lowest BCUT2D eigenvalue weighted by atomic mass is 10.2. The molecule has 0 fully saturated rings. The maximum absolute atomic E-state index is 12.7. The van der Waals surface area contributed by atoms with Crippen LogP contribution in [0.2, 0.25) is 0 Å². The lowest BCUT2D eigenvalue weighted by Crippen LogP contribution is -2.27. The first-order valence-electron chi connectivity index (χ1n) is 8.75. The standard InChI is InChI=1S/C18H18N4O5S3/c1-11-2-5-13(6-3-11)30(24,25)21-17-20-22(18(29-17)28-9-16(19)23)12-4-7-14-15(8-12)27-10-26-14/h2-8,18H,9-10H2,1H3,(H2,19,23)(H,20,21). The van der Waals surface area contributed by atoms with Gasteiger partial charge in [-0.1, -0.05) is 17.7 Å². The summed E-state index contributed by atoms with van der Waals surface area (Å²) in [5, 5.41) is 6.23. The van der Waals surface area contributed by atoms with Crippen LogP contribution in [0.15, 0.2) is 52.5 Å². The lowest BCUT2D eigenvalue weighted by molar-refractivity contribution is -0.115. The van der Waals surface area contributed by atoms with Crippen molar-refractivity contribution >= 4 is 50.3 Å². The minimum atomic E-state index is -3.80. The van der Waals surface area contributed by atoms with Gasteiger partial charge in [-0.25, -0.2) is 13.4 Å². The molecule has 2 aromatic carbocycles. The molecule has 0 saturated carbocycles. The van der Waals surface area contributed by atoms with Crippen LogP contribution in [0.5, 0.6) is 11.5 Å². The van der Waals surface area contributed by atoms with Crippen LogP contribution >= 0.6 is 23.5 Å². The summed E-state index contributed by atoms with van der Waals surface area (Å²) < 4.78 is 38.3. The molecule has 30 heavy (non-hydrogen) atoms. The zero-order chi connectivity index (χ0) is 21.3. The van der Waals surface area contributed by atoms with Gasteiger partial charge in [-0.3, -0.25) is 9.52 Å². The number of carbonyl (C=O) groups excluding carboxylic acids is 1. The van der Waals surface area contributed by atoms with E-state index >= 15 is 0 Å². The molecule has 2 aliphatic rings. The maximum atomic E-state index is 12.7. The zero-order valence-corrected chi connectivity index (χ0v) is 18.2. The molecule has 2 aromatic rings. The SMILES string of the molecule is Cc1ccc(S(=O)(=O)NC2=NN(c3ccc4c(c3)OCO4)C(SCC(N)=O)S2)cc1. The number of thioether (sulfide) groups is 2. The summed E-state index contributed by atoms with van der Waals surface area (Å²) in [5.74, 6) is 0.780. The molecule has 0 saturated heterocycles. The van der Waals surface area contributed by atoms with Crippen molar-refractivity contribution in [2.24, 2.45) is 10.8 Å². The first-order valence-corrected chi connectivity index (χ1v) is 12.2. The van der Waals surface area contributed by atoms with Crippen LogP contribution in [0, 0.1) is 6.92 Å². The predicted molar refractivity (Wildman–Crippen MR) is 117 cm³/mol. The monoisotopic (exact) mass is 466 g/mol. The predicted octanol–water partition coefficient (Wildman–Crippen LogP) is 2.03. The fraction of sp³-hybridized carbons (Fsp3) is 0.222. The third-order valence-corrected chi connectivity index (χ3v) is 8.08. The van der Waals surface area contributed by atoms with Gasteiger partial charge in [0.25, 0.3) is 10.0 Å². The fourth-order valence-electron chi connectivity index (χ4n) is 2.71. The summed E-state index contributed by atoms with van der Waals surface area (Å²) in [4.78, 5) is 11.4. The Bertz CT molecular complexity index is 1110. The van der Waals surface area contributed by atoms with Gasteiger partial charge in [-0.05, 0) is 43.0 Å². The molecule has 0 bridgehead atoms. The van der Waals surface area contributed by atoms with Gasteiger partial charge in [0.1, 0.15) is 0 Å². The van der Waals surface area contributed by atoms with Crippen molar-refractivity contribution in [3.63, 3.8) is 0 Å². The number of hydrogen-bond donors (Lipinski definition) is 2. The average Bonchev–Trinajstić information content (AvgIpc) is 3.32. The Kier molecular flexibility index (Phi) is 5.71. The lowest BCUT2D eigenvalue weighted by Gasteiger charge is -2.21. The quantitative estimate of drug-likeness (QED) is 0.663. The van der Waals surface area contributed by atoms with Crippen molar-refractivity contribution < 1.29 is 22.7 Å². The molecular formula is C18H18N4O5S3. The van der Waals surface area contributed by atoms with E-state index in [9.17, 15) is 13.2 Å². The molecule has 3 N–H and O–H groups in total.